The zero-order chi connectivity index (χ0) is 9.42. The Morgan fingerprint density at radius 1 is 1.23 bits per heavy atom. The molecule has 0 saturated heterocycles. The van der Waals surface area contributed by atoms with Crippen LogP contribution in [0.1, 0.15) is 11.4 Å². The van der Waals surface area contributed by atoms with E-state index in [1.54, 1.807) is 19.2 Å². The van der Waals surface area contributed by atoms with Crippen LogP contribution in [0.4, 0.5) is 4.39 Å². The van der Waals surface area contributed by atoms with Gasteiger partial charge in [0.2, 0.25) is 0 Å². The Balaban J connectivity index is 2.81. The third-order valence-electron chi connectivity index (χ3n) is 1.98. The lowest BCUT2D eigenvalue weighted by atomic mass is 10.1. The Morgan fingerprint density at radius 2 is 2.00 bits per heavy atom. The zero-order valence-corrected chi connectivity index (χ0v) is 7.50. The van der Waals surface area contributed by atoms with Crippen molar-refractivity contribution < 1.29 is 4.39 Å². The predicted octanol–water partition coefficient (Wildman–Crippen LogP) is 2.39. The normalized spacial score (nSPS) is 10.7. The fourth-order valence-electron chi connectivity index (χ4n) is 1.25. The number of fused-ring (bicyclic) bond motifs is 1. The third kappa shape index (κ3) is 1.37. The summed E-state index contributed by atoms with van der Waals surface area (Å²) in [6, 6.07) is 3.20. The summed E-state index contributed by atoms with van der Waals surface area (Å²) in [5, 5.41) is 0.744. The highest BCUT2D eigenvalue weighted by atomic mass is 19.1. The zero-order valence-electron chi connectivity index (χ0n) is 7.50. The first kappa shape index (κ1) is 8.10. The summed E-state index contributed by atoms with van der Waals surface area (Å²) in [5.74, 6) is 0.499. The summed E-state index contributed by atoms with van der Waals surface area (Å²) >= 11 is 0. The molecule has 1 aromatic carbocycles. The quantitative estimate of drug-likeness (QED) is 0.616. The van der Waals surface area contributed by atoms with Crippen LogP contribution in [0.3, 0.4) is 0 Å². The smallest absolute Gasteiger partial charge is 0.126 e. The number of halogens is 1. The molecule has 0 saturated carbocycles. The third-order valence-corrected chi connectivity index (χ3v) is 1.98. The van der Waals surface area contributed by atoms with Gasteiger partial charge in [0, 0.05) is 11.6 Å². The summed E-state index contributed by atoms with van der Waals surface area (Å²) in [4.78, 5) is 8.20. The predicted molar refractivity (Wildman–Crippen MR) is 49.0 cm³/mol. The van der Waals surface area contributed by atoms with E-state index in [1.165, 1.54) is 6.07 Å². The molecule has 1 aromatic heterocycles. The molecule has 0 aliphatic carbocycles. The van der Waals surface area contributed by atoms with Gasteiger partial charge in [0.05, 0.1) is 5.52 Å². The van der Waals surface area contributed by atoms with Crippen molar-refractivity contribution in [1.29, 1.82) is 0 Å². The molecule has 0 unspecified atom stereocenters. The van der Waals surface area contributed by atoms with E-state index in [4.69, 9.17) is 0 Å². The Kier molecular flexibility index (Phi) is 1.72. The lowest BCUT2D eigenvalue weighted by molar-refractivity contribution is 0.620. The minimum atomic E-state index is -0.208. The Morgan fingerprint density at radius 3 is 2.77 bits per heavy atom. The molecule has 0 bridgehead atoms. The molecular formula is C10H9FN2. The molecular weight excluding hydrogens is 167 g/mol. The van der Waals surface area contributed by atoms with Crippen molar-refractivity contribution in [1.82, 2.24) is 9.97 Å². The molecule has 0 atom stereocenters. The van der Waals surface area contributed by atoms with Gasteiger partial charge < -0.3 is 0 Å². The van der Waals surface area contributed by atoms with Crippen LogP contribution in [0.5, 0.6) is 0 Å². The van der Waals surface area contributed by atoms with Gasteiger partial charge in [-0.15, -0.1) is 0 Å². The van der Waals surface area contributed by atoms with Gasteiger partial charge in [0.1, 0.15) is 11.6 Å². The van der Waals surface area contributed by atoms with Crippen molar-refractivity contribution in [2.75, 3.05) is 0 Å². The van der Waals surface area contributed by atoms with Crippen LogP contribution in [0, 0.1) is 19.7 Å². The van der Waals surface area contributed by atoms with Gasteiger partial charge in [-0.2, -0.15) is 0 Å². The van der Waals surface area contributed by atoms with Crippen LogP contribution in [-0.4, -0.2) is 9.97 Å². The molecule has 0 aliphatic rings. The average molecular weight is 176 g/mol. The second kappa shape index (κ2) is 2.76. The van der Waals surface area contributed by atoms with Gasteiger partial charge in [0.25, 0.3) is 0 Å². The highest BCUT2D eigenvalue weighted by molar-refractivity contribution is 5.78. The van der Waals surface area contributed by atoms with E-state index in [0.717, 1.165) is 10.9 Å². The SMILES string of the molecule is Cc1ncc2cc(F)c(C)cc2n1. The van der Waals surface area contributed by atoms with Gasteiger partial charge in [0.15, 0.2) is 0 Å². The van der Waals surface area contributed by atoms with E-state index < -0.39 is 0 Å². The molecule has 0 fully saturated rings. The summed E-state index contributed by atoms with van der Waals surface area (Å²) in [7, 11) is 0. The first-order chi connectivity index (χ1) is 6.16. The van der Waals surface area contributed by atoms with Gasteiger partial charge in [-0.25, -0.2) is 14.4 Å². The second-order valence-corrected chi connectivity index (χ2v) is 3.08. The van der Waals surface area contributed by atoms with Crippen molar-refractivity contribution in [3.63, 3.8) is 0 Å². The van der Waals surface area contributed by atoms with Crippen molar-refractivity contribution in [3.8, 4) is 0 Å². The lowest BCUT2D eigenvalue weighted by Gasteiger charge is -2.00. The minimum Gasteiger partial charge on any atom is -0.241 e. The van der Waals surface area contributed by atoms with Crippen molar-refractivity contribution in [2.24, 2.45) is 0 Å². The number of nitrogens with zero attached hydrogens (tertiary/aromatic N) is 2. The number of hydrogen-bond donors (Lipinski definition) is 0. The Bertz CT molecular complexity index is 466. The molecule has 66 valence electrons. The molecule has 2 aromatic rings. The van der Waals surface area contributed by atoms with Crippen molar-refractivity contribution in [2.45, 2.75) is 13.8 Å². The summed E-state index contributed by atoms with van der Waals surface area (Å²) < 4.78 is 13.1. The molecule has 0 aliphatic heterocycles. The van der Waals surface area contributed by atoms with Gasteiger partial charge in [-0.3, -0.25) is 0 Å². The molecule has 0 N–H and O–H groups in total. The van der Waals surface area contributed by atoms with Crippen molar-refractivity contribution >= 4 is 10.9 Å². The van der Waals surface area contributed by atoms with E-state index in [9.17, 15) is 4.39 Å². The average Bonchev–Trinajstić information content (AvgIpc) is 2.08. The lowest BCUT2D eigenvalue weighted by Crippen LogP contribution is -1.90. The van der Waals surface area contributed by atoms with Crippen LogP contribution in [0.25, 0.3) is 10.9 Å². The first-order valence-electron chi connectivity index (χ1n) is 4.06. The summed E-state index contributed by atoms with van der Waals surface area (Å²) in [5.41, 5.74) is 1.41. The number of benzene rings is 1. The van der Waals surface area contributed by atoms with Gasteiger partial charge in [-0.1, -0.05) is 0 Å². The van der Waals surface area contributed by atoms with Crippen LogP contribution in [-0.2, 0) is 0 Å². The molecule has 1 heterocycles. The van der Waals surface area contributed by atoms with E-state index in [1.807, 2.05) is 6.92 Å². The van der Waals surface area contributed by atoms with Crippen molar-refractivity contribution in [3.05, 3.63) is 35.5 Å². The molecule has 3 heteroatoms. The maximum atomic E-state index is 13.1. The van der Waals surface area contributed by atoms with E-state index in [2.05, 4.69) is 9.97 Å². The molecule has 2 nitrogen and oxygen atoms in total. The van der Waals surface area contributed by atoms with Gasteiger partial charge in [-0.05, 0) is 31.5 Å². The summed E-state index contributed by atoms with van der Waals surface area (Å²) in [6.07, 6.45) is 1.64. The summed E-state index contributed by atoms with van der Waals surface area (Å²) in [6.45, 7) is 3.55. The molecule has 13 heavy (non-hydrogen) atoms. The Hall–Kier alpha value is -1.51. The largest absolute Gasteiger partial charge is 0.241 e. The maximum Gasteiger partial charge on any atom is 0.126 e. The standard InChI is InChI=1S/C10H9FN2/c1-6-3-10-8(4-9(6)11)5-12-7(2)13-10/h3-5H,1-2H3. The fourth-order valence-corrected chi connectivity index (χ4v) is 1.25. The monoisotopic (exact) mass is 176 g/mol. The van der Waals surface area contributed by atoms with E-state index in [0.29, 0.717) is 11.4 Å². The number of aromatic nitrogens is 2. The molecule has 2 rings (SSSR count). The van der Waals surface area contributed by atoms with Gasteiger partial charge >= 0.3 is 0 Å². The topological polar surface area (TPSA) is 25.8 Å². The van der Waals surface area contributed by atoms with E-state index >= 15 is 0 Å². The Labute approximate surface area is 75.4 Å². The highest BCUT2D eigenvalue weighted by Crippen LogP contribution is 2.15. The van der Waals surface area contributed by atoms with Crippen LogP contribution in [0.15, 0.2) is 18.3 Å². The number of rotatable bonds is 0. The minimum absolute atomic E-state index is 0.208. The first-order valence-corrected chi connectivity index (χ1v) is 4.06. The van der Waals surface area contributed by atoms with Crippen LogP contribution >= 0.6 is 0 Å². The highest BCUT2D eigenvalue weighted by Gasteiger charge is 2.01. The fraction of sp³-hybridized carbons (Fsp3) is 0.200. The maximum absolute atomic E-state index is 13.1. The van der Waals surface area contributed by atoms with Crippen LogP contribution in [0.2, 0.25) is 0 Å². The molecule has 0 radical (unpaired) electrons. The second-order valence-electron chi connectivity index (χ2n) is 3.08. The number of hydrogen-bond acceptors (Lipinski definition) is 2. The number of aryl methyl sites for hydroxylation is 2. The van der Waals surface area contributed by atoms with Crippen LogP contribution < -0.4 is 0 Å². The molecule has 0 spiro atoms. The molecule has 0 amide bonds. The van der Waals surface area contributed by atoms with E-state index in [-0.39, 0.29) is 5.82 Å².